The SMILES string of the molecule is COc1cccc(CN(C)CC(OC)OC)c1. The Labute approximate surface area is 103 Å². The molecule has 0 N–H and O–H groups in total. The van der Waals surface area contributed by atoms with Crippen LogP contribution in [-0.2, 0) is 16.0 Å². The highest BCUT2D eigenvalue weighted by atomic mass is 16.7. The molecule has 0 bridgehead atoms. The van der Waals surface area contributed by atoms with Crippen LogP contribution in [0.15, 0.2) is 24.3 Å². The molecule has 0 spiro atoms. The molecule has 0 saturated heterocycles. The van der Waals surface area contributed by atoms with Gasteiger partial charge in [0.15, 0.2) is 6.29 Å². The second-order valence-electron chi connectivity index (χ2n) is 3.95. The molecule has 4 nitrogen and oxygen atoms in total. The number of nitrogens with zero attached hydrogens (tertiary/aromatic N) is 1. The molecule has 96 valence electrons. The van der Waals surface area contributed by atoms with E-state index in [1.165, 1.54) is 5.56 Å². The highest BCUT2D eigenvalue weighted by molar-refractivity contribution is 5.28. The van der Waals surface area contributed by atoms with Crippen LogP contribution in [0.5, 0.6) is 5.75 Å². The van der Waals surface area contributed by atoms with Gasteiger partial charge < -0.3 is 14.2 Å². The number of rotatable bonds is 7. The Hall–Kier alpha value is -1.10. The fraction of sp³-hybridized carbons (Fsp3) is 0.538. The van der Waals surface area contributed by atoms with Crippen molar-refractivity contribution in [2.45, 2.75) is 12.8 Å². The number of methoxy groups -OCH3 is 3. The normalized spacial score (nSPS) is 11.2. The fourth-order valence-corrected chi connectivity index (χ4v) is 1.65. The van der Waals surface area contributed by atoms with Gasteiger partial charge in [-0.2, -0.15) is 0 Å². The molecule has 1 aromatic rings. The lowest BCUT2D eigenvalue weighted by Gasteiger charge is -2.22. The van der Waals surface area contributed by atoms with Crippen molar-refractivity contribution in [1.29, 1.82) is 0 Å². The highest BCUT2D eigenvalue weighted by Gasteiger charge is 2.09. The van der Waals surface area contributed by atoms with Gasteiger partial charge in [-0.15, -0.1) is 0 Å². The van der Waals surface area contributed by atoms with Crippen LogP contribution >= 0.6 is 0 Å². The monoisotopic (exact) mass is 239 g/mol. The molecule has 4 heteroatoms. The van der Waals surface area contributed by atoms with Gasteiger partial charge in [0.2, 0.25) is 0 Å². The van der Waals surface area contributed by atoms with Crippen LogP contribution < -0.4 is 4.74 Å². The summed E-state index contributed by atoms with van der Waals surface area (Å²) >= 11 is 0. The van der Waals surface area contributed by atoms with Gasteiger partial charge in [-0.25, -0.2) is 0 Å². The Morgan fingerprint density at radius 2 is 1.88 bits per heavy atom. The number of likely N-dealkylation sites (N-methyl/N-ethyl adjacent to an activating group) is 1. The largest absolute Gasteiger partial charge is 0.497 e. The van der Waals surface area contributed by atoms with Gasteiger partial charge >= 0.3 is 0 Å². The predicted octanol–water partition coefficient (Wildman–Crippen LogP) is 1.75. The van der Waals surface area contributed by atoms with E-state index in [-0.39, 0.29) is 6.29 Å². The molecular formula is C13H21NO3. The average Bonchev–Trinajstić information content (AvgIpc) is 2.36. The van der Waals surface area contributed by atoms with E-state index in [1.807, 2.05) is 25.2 Å². The van der Waals surface area contributed by atoms with Gasteiger partial charge in [0, 0.05) is 27.3 Å². The molecule has 1 aromatic carbocycles. The van der Waals surface area contributed by atoms with Crippen molar-refractivity contribution < 1.29 is 14.2 Å². The highest BCUT2D eigenvalue weighted by Crippen LogP contribution is 2.14. The van der Waals surface area contributed by atoms with E-state index in [0.29, 0.717) is 0 Å². The molecule has 0 amide bonds. The molecule has 0 fully saturated rings. The van der Waals surface area contributed by atoms with E-state index < -0.39 is 0 Å². The zero-order chi connectivity index (χ0) is 12.7. The Bertz CT molecular complexity index is 326. The predicted molar refractivity (Wildman–Crippen MR) is 67.1 cm³/mol. The first kappa shape index (κ1) is 14.0. The summed E-state index contributed by atoms with van der Waals surface area (Å²) in [5, 5.41) is 0. The first-order valence-electron chi connectivity index (χ1n) is 5.56. The summed E-state index contributed by atoms with van der Waals surface area (Å²) in [6, 6.07) is 8.04. The van der Waals surface area contributed by atoms with Crippen molar-refractivity contribution in [1.82, 2.24) is 4.90 Å². The van der Waals surface area contributed by atoms with E-state index in [2.05, 4.69) is 11.0 Å². The number of hydrogen-bond acceptors (Lipinski definition) is 4. The summed E-state index contributed by atoms with van der Waals surface area (Å²) in [6.45, 7) is 1.56. The van der Waals surface area contributed by atoms with Crippen molar-refractivity contribution in [2.24, 2.45) is 0 Å². The lowest BCUT2D eigenvalue weighted by molar-refractivity contribution is -0.114. The zero-order valence-electron chi connectivity index (χ0n) is 11.0. The van der Waals surface area contributed by atoms with Crippen LogP contribution in [0.2, 0.25) is 0 Å². The molecule has 0 aliphatic heterocycles. The maximum absolute atomic E-state index is 5.19. The maximum Gasteiger partial charge on any atom is 0.169 e. The van der Waals surface area contributed by atoms with Crippen LogP contribution in [0, 0.1) is 0 Å². The van der Waals surface area contributed by atoms with E-state index in [0.717, 1.165) is 18.8 Å². The van der Waals surface area contributed by atoms with Gasteiger partial charge in [0.25, 0.3) is 0 Å². The Kier molecular flexibility index (Phi) is 5.97. The van der Waals surface area contributed by atoms with Crippen LogP contribution in [0.25, 0.3) is 0 Å². The van der Waals surface area contributed by atoms with E-state index >= 15 is 0 Å². The Balaban J connectivity index is 2.52. The third kappa shape index (κ3) is 4.73. The summed E-state index contributed by atoms with van der Waals surface area (Å²) in [5.74, 6) is 0.880. The molecule has 17 heavy (non-hydrogen) atoms. The molecular weight excluding hydrogens is 218 g/mol. The summed E-state index contributed by atoms with van der Waals surface area (Å²) < 4.78 is 15.5. The maximum atomic E-state index is 5.19. The molecule has 1 rings (SSSR count). The second kappa shape index (κ2) is 7.27. The molecule has 0 radical (unpaired) electrons. The summed E-state index contributed by atoms with van der Waals surface area (Å²) in [7, 11) is 7.00. The van der Waals surface area contributed by atoms with Gasteiger partial charge in [0.05, 0.1) is 7.11 Å². The van der Waals surface area contributed by atoms with Crippen LogP contribution in [0.4, 0.5) is 0 Å². The molecule has 0 saturated carbocycles. The third-order valence-corrected chi connectivity index (χ3v) is 2.57. The van der Waals surface area contributed by atoms with Crippen molar-refractivity contribution >= 4 is 0 Å². The lowest BCUT2D eigenvalue weighted by Crippen LogP contribution is -2.31. The number of hydrogen-bond donors (Lipinski definition) is 0. The topological polar surface area (TPSA) is 30.9 Å². The average molecular weight is 239 g/mol. The molecule has 0 aliphatic rings. The van der Waals surface area contributed by atoms with Gasteiger partial charge in [0.1, 0.15) is 5.75 Å². The second-order valence-corrected chi connectivity index (χ2v) is 3.95. The van der Waals surface area contributed by atoms with Crippen molar-refractivity contribution in [3.05, 3.63) is 29.8 Å². The van der Waals surface area contributed by atoms with Gasteiger partial charge in [-0.1, -0.05) is 12.1 Å². The molecule has 0 heterocycles. The van der Waals surface area contributed by atoms with Crippen LogP contribution in [-0.4, -0.2) is 46.1 Å². The minimum atomic E-state index is -0.189. The van der Waals surface area contributed by atoms with Crippen LogP contribution in [0.3, 0.4) is 0 Å². The van der Waals surface area contributed by atoms with Gasteiger partial charge in [-0.3, -0.25) is 4.90 Å². The van der Waals surface area contributed by atoms with Crippen LogP contribution in [0.1, 0.15) is 5.56 Å². The molecule has 0 unspecified atom stereocenters. The van der Waals surface area contributed by atoms with Crippen molar-refractivity contribution in [3.63, 3.8) is 0 Å². The molecule has 0 aliphatic carbocycles. The summed E-state index contributed by atoms with van der Waals surface area (Å²) in [4.78, 5) is 2.15. The summed E-state index contributed by atoms with van der Waals surface area (Å²) in [5.41, 5.74) is 1.21. The number of benzene rings is 1. The number of ether oxygens (including phenoxy) is 3. The Morgan fingerprint density at radius 1 is 1.18 bits per heavy atom. The lowest BCUT2D eigenvalue weighted by atomic mass is 10.2. The summed E-state index contributed by atoms with van der Waals surface area (Å²) in [6.07, 6.45) is -0.189. The first-order chi connectivity index (χ1) is 8.19. The van der Waals surface area contributed by atoms with E-state index in [4.69, 9.17) is 14.2 Å². The smallest absolute Gasteiger partial charge is 0.169 e. The van der Waals surface area contributed by atoms with Crippen molar-refractivity contribution in [3.8, 4) is 5.75 Å². The third-order valence-electron chi connectivity index (χ3n) is 2.57. The van der Waals surface area contributed by atoms with Gasteiger partial charge in [-0.05, 0) is 24.7 Å². The van der Waals surface area contributed by atoms with E-state index in [1.54, 1.807) is 21.3 Å². The van der Waals surface area contributed by atoms with Crippen molar-refractivity contribution in [2.75, 3.05) is 34.9 Å². The molecule has 0 atom stereocenters. The first-order valence-corrected chi connectivity index (χ1v) is 5.56. The zero-order valence-corrected chi connectivity index (χ0v) is 11.0. The Morgan fingerprint density at radius 3 is 2.47 bits per heavy atom. The quantitative estimate of drug-likeness (QED) is 0.678. The van der Waals surface area contributed by atoms with E-state index in [9.17, 15) is 0 Å². The fourth-order valence-electron chi connectivity index (χ4n) is 1.65. The minimum Gasteiger partial charge on any atom is -0.497 e. The standard InChI is InChI=1S/C13H21NO3/c1-14(10-13(16-3)17-4)9-11-6-5-7-12(8-11)15-2/h5-8,13H,9-10H2,1-4H3. The molecule has 0 aromatic heterocycles. The minimum absolute atomic E-state index is 0.189.